The van der Waals surface area contributed by atoms with E-state index in [1.165, 1.54) is 5.56 Å². The van der Waals surface area contributed by atoms with E-state index in [4.69, 9.17) is 0 Å². The normalized spacial score (nSPS) is 13.4. The quantitative estimate of drug-likeness (QED) is 0.504. The number of hydrogen-bond acceptors (Lipinski definition) is 3. The molecular weight excluding hydrogens is 376 g/mol. The Balaban J connectivity index is 2.62. The van der Waals surface area contributed by atoms with Crippen molar-refractivity contribution in [3.05, 3.63) is 29.8 Å². The Hall–Kier alpha value is -2.17. The lowest BCUT2D eigenvalue weighted by Crippen LogP contribution is -2.45. The first-order valence-electron chi connectivity index (χ1n) is 11.2. The van der Waals surface area contributed by atoms with Gasteiger partial charge in [-0.05, 0) is 48.3 Å². The van der Waals surface area contributed by atoms with Crippen LogP contribution in [0, 0.1) is 23.7 Å². The first-order valence-corrected chi connectivity index (χ1v) is 11.2. The highest BCUT2D eigenvalue weighted by atomic mass is 16.2. The van der Waals surface area contributed by atoms with Crippen molar-refractivity contribution < 1.29 is 14.4 Å². The fraction of sp³-hybridized carbons (Fsp3) is 0.640. The molecule has 0 radical (unpaired) electrons. The molecule has 2 atom stereocenters. The zero-order valence-electron chi connectivity index (χ0n) is 19.7. The molecule has 0 aliphatic rings. The van der Waals surface area contributed by atoms with Crippen LogP contribution >= 0.6 is 0 Å². The van der Waals surface area contributed by atoms with Crippen LogP contribution in [-0.4, -0.2) is 23.6 Å². The third-order valence-corrected chi connectivity index (χ3v) is 5.10. The molecule has 1 rings (SSSR count). The van der Waals surface area contributed by atoms with Gasteiger partial charge in [0.1, 0.15) is 0 Å². The Morgan fingerprint density at radius 2 is 1.47 bits per heavy atom. The third-order valence-electron chi connectivity index (χ3n) is 5.10. The zero-order valence-corrected chi connectivity index (χ0v) is 19.7. The fourth-order valence-electron chi connectivity index (χ4n) is 3.27. The summed E-state index contributed by atoms with van der Waals surface area (Å²) < 4.78 is 0. The van der Waals surface area contributed by atoms with E-state index in [1.54, 1.807) is 6.92 Å². The van der Waals surface area contributed by atoms with Gasteiger partial charge in [0, 0.05) is 24.4 Å². The van der Waals surface area contributed by atoms with Crippen molar-refractivity contribution in [2.45, 2.75) is 80.2 Å². The minimum Gasteiger partial charge on any atom is -0.346 e. The second-order valence-corrected chi connectivity index (χ2v) is 9.58. The Morgan fingerprint density at radius 3 is 1.97 bits per heavy atom. The summed E-state index contributed by atoms with van der Waals surface area (Å²) in [6.45, 7) is 14.0. The number of nitrogens with one attached hydrogen (secondary N) is 2. The van der Waals surface area contributed by atoms with Crippen LogP contribution in [0.3, 0.4) is 0 Å². The van der Waals surface area contributed by atoms with Crippen molar-refractivity contribution in [3.8, 4) is 0 Å². The molecule has 1 aromatic carbocycles. The molecule has 0 aliphatic carbocycles. The van der Waals surface area contributed by atoms with Crippen molar-refractivity contribution in [2.75, 3.05) is 5.32 Å². The van der Waals surface area contributed by atoms with Crippen molar-refractivity contribution in [1.29, 1.82) is 0 Å². The van der Waals surface area contributed by atoms with Crippen molar-refractivity contribution in [1.82, 2.24) is 5.32 Å². The summed E-state index contributed by atoms with van der Waals surface area (Å²) in [5, 5.41) is 5.76. The van der Waals surface area contributed by atoms with E-state index in [0.29, 0.717) is 18.3 Å². The molecule has 0 spiro atoms. The molecule has 0 fully saturated rings. The van der Waals surface area contributed by atoms with Crippen LogP contribution in [0.4, 0.5) is 5.69 Å². The molecule has 0 saturated carbocycles. The van der Waals surface area contributed by atoms with Crippen LogP contribution in [0.2, 0.25) is 0 Å². The molecular formula is C25H40N2O3. The van der Waals surface area contributed by atoms with Gasteiger partial charge < -0.3 is 10.6 Å². The molecule has 2 N–H and O–H groups in total. The number of ketones is 1. The van der Waals surface area contributed by atoms with Gasteiger partial charge in [-0.1, -0.05) is 60.6 Å². The summed E-state index contributed by atoms with van der Waals surface area (Å²) in [6, 6.07) is 7.28. The standard InChI is InChI=1S/C25H40N2O3/c1-16(2)8-13-23(29)27-24(18(5)6)22(28)15-19(7)25(30)26-21-11-9-20(10-12-21)14-17(3)4/h9-12,16-19,24H,8,13-15H2,1-7H3,(H,26,30)(H,27,29)/t19-,24+/m1/s1. The maximum atomic E-state index is 12.8. The monoisotopic (exact) mass is 416 g/mol. The zero-order chi connectivity index (χ0) is 22.8. The van der Waals surface area contributed by atoms with E-state index in [-0.39, 0.29) is 29.9 Å². The van der Waals surface area contributed by atoms with Crippen LogP contribution < -0.4 is 10.6 Å². The largest absolute Gasteiger partial charge is 0.346 e. The molecule has 0 bridgehead atoms. The van der Waals surface area contributed by atoms with Crippen LogP contribution in [0.25, 0.3) is 0 Å². The molecule has 0 aromatic heterocycles. The predicted octanol–water partition coefficient (Wildman–Crippen LogP) is 5.00. The molecule has 0 saturated heterocycles. The van der Waals surface area contributed by atoms with E-state index >= 15 is 0 Å². The summed E-state index contributed by atoms with van der Waals surface area (Å²) in [5.74, 6) is 0.134. The predicted molar refractivity (Wildman–Crippen MR) is 123 cm³/mol. The van der Waals surface area contributed by atoms with Gasteiger partial charge in [-0.15, -0.1) is 0 Å². The van der Waals surface area contributed by atoms with Crippen LogP contribution in [-0.2, 0) is 20.8 Å². The van der Waals surface area contributed by atoms with E-state index < -0.39 is 12.0 Å². The molecule has 5 nitrogen and oxygen atoms in total. The Kier molecular flexibility index (Phi) is 10.8. The summed E-state index contributed by atoms with van der Waals surface area (Å²) in [4.78, 5) is 37.5. The highest BCUT2D eigenvalue weighted by Crippen LogP contribution is 2.16. The van der Waals surface area contributed by atoms with Crippen LogP contribution in [0.5, 0.6) is 0 Å². The first kappa shape index (κ1) is 25.9. The van der Waals surface area contributed by atoms with Crippen LogP contribution in [0.15, 0.2) is 24.3 Å². The molecule has 168 valence electrons. The minimum atomic E-state index is -0.560. The second kappa shape index (κ2) is 12.5. The molecule has 2 amide bonds. The Bertz CT molecular complexity index is 693. The fourth-order valence-corrected chi connectivity index (χ4v) is 3.27. The van der Waals surface area contributed by atoms with E-state index in [9.17, 15) is 14.4 Å². The van der Waals surface area contributed by atoms with Crippen molar-refractivity contribution in [2.24, 2.45) is 23.7 Å². The highest BCUT2D eigenvalue weighted by Gasteiger charge is 2.27. The Morgan fingerprint density at radius 1 is 0.867 bits per heavy atom. The van der Waals surface area contributed by atoms with Gasteiger partial charge >= 0.3 is 0 Å². The van der Waals surface area contributed by atoms with Crippen molar-refractivity contribution in [3.63, 3.8) is 0 Å². The number of hydrogen-bond donors (Lipinski definition) is 2. The number of carbonyl (C=O) groups is 3. The maximum absolute atomic E-state index is 12.8. The number of carbonyl (C=O) groups excluding carboxylic acids is 3. The van der Waals surface area contributed by atoms with Gasteiger partial charge in [0.25, 0.3) is 0 Å². The molecule has 0 unspecified atom stereocenters. The number of anilines is 1. The van der Waals surface area contributed by atoms with Gasteiger partial charge in [-0.2, -0.15) is 0 Å². The van der Waals surface area contributed by atoms with Gasteiger partial charge in [-0.3, -0.25) is 14.4 Å². The van der Waals surface area contributed by atoms with Crippen molar-refractivity contribution >= 4 is 23.3 Å². The minimum absolute atomic E-state index is 0.0238. The molecule has 0 heterocycles. The number of benzene rings is 1. The summed E-state index contributed by atoms with van der Waals surface area (Å²) in [7, 11) is 0. The van der Waals surface area contributed by atoms with E-state index in [1.807, 2.05) is 38.1 Å². The third kappa shape index (κ3) is 9.55. The summed E-state index contributed by atoms with van der Waals surface area (Å²) in [6.07, 6.45) is 2.31. The molecule has 0 aliphatic heterocycles. The molecule has 30 heavy (non-hydrogen) atoms. The molecule has 5 heteroatoms. The number of rotatable bonds is 12. The lowest BCUT2D eigenvalue weighted by Gasteiger charge is -2.23. The smallest absolute Gasteiger partial charge is 0.227 e. The summed E-state index contributed by atoms with van der Waals surface area (Å²) >= 11 is 0. The van der Waals surface area contributed by atoms with Gasteiger partial charge in [0.05, 0.1) is 6.04 Å². The number of amides is 2. The van der Waals surface area contributed by atoms with Crippen LogP contribution in [0.1, 0.15) is 73.3 Å². The SMILES string of the molecule is CC(C)CCC(=O)N[C@H](C(=O)C[C@@H](C)C(=O)Nc1ccc(CC(C)C)cc1)C(C)C. The number of Topliss-reactive ketones (excluding diaryl/α,β-unsaturated/α-hetero) is 1. The highest BCUT2D eigenvalue weighted by molar-refractivity contribution is 5.97. The topological polar surface area (TPSA) is 75.3 Å². The second-order valence-electron chi connectivity index (χ2n) is 9.58. The average molecular weight is 417 g/mol. The lowest BCUT2D eigenvalue weighted by atomic mass is 9.92. The van der Waals surface area contributed by atoms with Gasteiger partial charge in [0.2, 0.25) is 11.8 Å². The lowest BCUT2D eigenvalue weighted by molar-refractivity contribution is -0.131. The first-order chi connectivity index (χ1) is 14.0. The Labute approximate surface area is 182 Å². The van der Waals surface area contributed by atoms with E-state index in [0.717, 1.165) is 18.5 Å². The van der Waals surface area contributed by atoms with Gasteiger partial charge in [-0.25, -0.2) is 0 Å². The van der Waals surface area contributed by atoms with Gasteiger partial charge in [0.15, 0.2) is 5.78 Å². The molecule has 1 aromatic rings. The average Bonchev–Trinajstić information content (AvgIpc) is 2.65. The van der Waals surface area contributed by atoms with E-state index in [2.05, 4.69) is 38.3 Å². The maximum Gasteiger partial charge on any atom is 0.227 e. The summed E-state index contributed by atoms with van der Waals surface area (Å²) in [5.41, 5.74) is 1.97.